The minimum atomic E-state index is 0.204. The first-order valence-corrected chi connectivity index (χ1v) is 8.42. The number of fused-ring (bicyclic) bond motifs is 1. The molecule has 0 radical (unpaired) electrons. The normalized spacial score (nSPS) is 11.3. The molecular formula is C17H21ClN6O. The smallest absolute Gasteiger partial charge is 0.226 e. The number of methoxy groups -OCH3 is 1. The Morgan fingerprint density at radius 1 is 1.24 bits per heavy atom. The fraction of sp³-hybridized carbons (Fsp3) is 0.412. The minimum Gasteiger partial charge on any atom is -0.496 e. The monoisotopic (exact) mass is 360 g/mol. The SMILES string of the molecule is COc1c(C)cnc(Cn2cnc3c(Cl)nc(NC(C)C)nc32)c1C. The molecule has 3 rings (SSSR count). The van der Waals surface area contributed by atoms with Crippen molar-refractivity contribution < 1.29 is 4.74 Å². The lowest BCUT2D eigenvalue weighted by Gasteiger charge is -2.13. The second kappa shape index (κ2) is 6.84. The highest BCUT2D eigenvalue weighted by molar-refractivity contribution is 6.33. The molecule has 0 aromatic carbocycles. The number of pyridine rings is 1. The van der Waals surface area contributed by atoms with Gasteiger partial charge < -0.3 is 14.6 Å². The molecule has 8 heteroatoms. The van der Waals surface area contributed by atoms with Crippen LogP contribution in [0.4, 0.5) is 5.95 Å². The number of hydrogen-bond acceptors (Lipinski definition) is 6. The van der Waals surface area contributed by atoms with E-state index in [-0.39, 0.29) is 6.04 Å². The summed E-state index contributed by atoms with van der Waals surface area (Å²) in [6.07, 6.45) is 3.52. The Balaban J connectivity index is 2.04. The maximum atomic E-state index is 6.26. The Kier molecular flexibility index (Phi) is 4.76. The topological polar surface area (TPSA) is 77.8 Å². The van der Waals surface area contributed by atoms with E-state index in [1.165, 1.54) is 0 Å². The van der Waals surface area contributed by atoms with Crippen LogP contribution in [-0.2, 0) is 6.54 Å². The molecular weight excluding hydrogens is 340 g/mol. The van der Waals surface area contributed by atoms with Crippen LogP contribution in [0.2, 0.25) is 5.15 Å². The summed E-state index contributed by atoms with van der Waals surface area (Å²) < 4.78 is 7.40. The molecule has 0 bridgehead atoms. The Morgan fingerprint density at radius 2 is 2.00 bits per heavy atom. The van der Waals surface area contributed by atoms with Gasteiger partial charge in [-0.15, -0.1) is 0 Å². The molecule has 0 fully saturated rings. The quantitative estimate of drug-likeness (QED) is 0.703. The number of imidazole rings is 1. The van der Waals surface area contributed by atoms with E-state index in [0.717, 1.165) is 22.6 Å². The highest BCUT2D eigenvalue weighted by Crippen LogP contribution is 2.26. The lowest BCUT2D eigenvalue weighted by Crippen LogP contribution is -2.13. The predicted octanol–water partition coefficient (Wildman–Crippen LogP) is 3.37. The van der Waals surface area contributed by atoms with Gasteiger partial charge in [0, 0.05) is 23.4 Å². The molecule has 7 nitrogen and oxygen atoms in total. The average molecular weight is 361 g/mol. The lowest BCUT2D eigenvalue weighted by atomic mass is 10.1. The third kappa shape index (κ3) is 3.37. The molecule has 1 N–H and O–H groups in total. The Bertz CT molecular complexity index is 921. The standard InChI is InChI=1S/C17H21ClN6O/c1-9(2)21-17-22-15(18)13-16(23-17)24(8-20-13)7-12-11(4)14(25-5)10(3)6-19-12/h6,8-9H,7H2,1-5H3,(H,21,22,23). The van der Waals surface area contributed by atoms with Gasteiger partial charge in [0.25, 0.3) is 0 Å². The van der Waals surface area contributed by atoms with Crippen molar-refractivity contribution in [2.75, 3.05) is 12.4 Å². The lowest BCUT2D eigenvalue weighted by molar-refractivity contribution is 0.406. The number of nitrogens with one attached hydrogen (secondary N) is 1. The van der Waals surface area contributed by atoms with Gasteiger partial charge in [-0.25, -0.2) is 4.98 Å². The molecule has 0 saturated carbocycles. The van der Waals surface area contributed by atoms with Crippen LogP contribution in [0.1, 0.15) is 30.7 Å². The molecule has 3 aromatic rings. The van der Waals surface area contributed by atoms with E-state index >= 15 is 0 Å². The van der Waals surface area contributed by atoms with Crippen LogP contribution in [0.25, 0.3) is 11.2 Å². The Morgan fingerprint density at radius 3 is 2.68 bits per heavy atom. The fourth-order valence-corrected chi connectivity index (χ4v) is 2.95. The molecule has 0 atom stereocenters. The van der Waals surface area contributed by atoms with Gasteiger partial charge >= 0.3 is 0 Å². The molecule has 3 aromatic heterocycles. The number of aromatic nitrogens is 5. The highest BCUT2D eigenvalue weighted by atomic mass is 35.5. The van der Waals surface area contributed by atoms with Crippen LogP contribution in [0.5, 0.6) is 5.75 Å². The van der Waals surface area contributed by atoms with Crippen molar-refractivity contribution >= 4 is 28.7 Å². The average Bonchev–Trinajstić information content (AvgIpc) is 2.93. The van der Waals surface area contributed by atoms with Gasteiger partial charge in [0.1, 0.15) is 11.3 Å². The number of halogens is 1. The van der Waals surface area contributed by atoms with Crippen LogP contribution in [0.3, 0.4) is 0 Å². The van der Waals surface area contributed by atoms with Crippen molar-refractivity contribution in [1.29, 1.82) is 0 Å². The van der Waals surface area contributed by atoms with Crippen LogP contribution in [0, 0.1) is 13.8 Å². The van der Waals surface area contributed by atoms with Crippen molar-refractivity contribution in [3.63, 3.8) is 0 Å². The second-order valence-corrected chi connectivity index (χ2v) is 6.59. The van der Waals surface area contributed by atoms with Gasteiger partial charge in [-0.1, -0.05) is 11.6 Å². The summed E-state index contributed by atoms with van der Waals surface area (Å²) in [5.41, 5.74) is 4.16. The summed E-state index contributed by atoms with van der Waals surface area (Å²) in [7, 11) is 1.67. The molecule has 0 saturated heterocycles. The summed E-state index contributed by atoms with van der Waals surface area (Å²) in [4.78, 5) is 17.7. The summed E-state index contributed by atoms with van der Waals surface area (Å²) in [6.45, 7) is 8.54. The van der Waals surface area contributed by atoms with Crippen molar-refractivity contribution in [1.82, 2.24) is 24.5 Å². The van der Waals surface area contributed by atoms with Gasteiger partial charge in [-0.3, -0.25) is 4.98 Å². The molecule has 0 aliphatic heterocycles. The first-order valence-electron chi connectivity index (χ1n) is 8.04. The van der Waals surface area contributed by atoms with E-state index < -0.39 is 0 Å². The maximum Gasteiger partial charge on any atom is 0.226 e. The van der Waals surface area contributed by atoms with Crippen LogP contribution < -0.4 is 10.1 Å². The van der Waals surface area contributed by atoms with Crippen molar-refractivity contribution in [2.45, 2.75) is 40.3 Å². The van der Waals surface area contributed by atoms with Gasteiger partial charge in [0.05, 0.1) is 25.7 Å². The van der Waals surface area contributed by atoms with Gasteiger partial charge in [-0.05, 0) is 27.7 Å². The largest absolute Gasteiger partial charge is 0.496 e. The van der Waals surface area contributed by atoms with E-state index in [9.17, 15) is 0 Å². The zero-order chi connectivity index (χ0) is 18.1. The molecule has 3 heterocycles. The molecule has 0 aliphatic carbocycles. The highest BCUT2D eigenvalue weighted by Gasteiger charge is 2.15. The zero-order valence-electron chi connectivity index (χ0n) is 15.0. The molecule has 0 amide bonds. The van der Waals surface area contributed by atoms with E-state index in [0.29, 0.717) is 28.8 Å². The minimum absolute atomic E-state index is 0.204. The Hall–Kier alpha value is -2.41. The number of ether oxygens (including phenoxy) is 1. The number of hydrogen-bond donors (Lipinski definition) is 1. The van der Waals surface area contributed by atoms with Gasteiger partial charge in [0.2, 0.25) is 5.95 Å². The fourth-order valence-electron chi connectivity index (χ4n) is 2.74. The molecule has 25 heavy (non-hydrogen) atoms. The van der Waals surface area contributed by atoms with Crippen molar-refractivity contribution in [3.8, 4) is 5.75 Å². The number of aryl methyl sites for hydroxylation is 1. The number of nitrogens with zero attached hydrogens (tertiary/aromatic N) is 5. The predicted molar refractivity (Wildman–Crippen MR) is 98.5 cm³/mol. The Labute approximate surface area is 151 Å². The van der Waals surface area contributed by atoms with Gasteiger partial charge in [0.15, 0.2) is 10.8 Å². The molecule has 0 unspecified atom stereocenters. The van der Waals surface area contributed by atoms with Gasteiger partial charge in [-0.2, -0.15) is 9.97 Å². The van der Waals surface area contributed by atoms with Crippen molar-refractivity contribution in [2.24, 2.45) is 0 Å². The van der Waals surface area contributed by atoms with E-state index in [2.05, 4.69) is 25.3 Å². The summed E-state index contributed by atoms with van der Waals surface area (Å²) in [5, 5.41) is 3.50. The first-order chi connectivity index (χ1) is 11.9. The van der Waals surface area contributed by atoms with Crippen LogP contribution >= 0.6 is 11.6 Å². The summed E-state index contributed by atoms with van der Waals surface area (Å²) >= 11 is 6.26. The molecule has 132 valence electrons. The maximum absolute atomic E-state index is 6.26. The number of rotatable bonds is 5. The van der Waals surface area contributed by atoms with E-state index in [4.69, 9.17) is 16.3 Å². The van der Waals surface area contributed by atoms with Crippen LogP contribution in [0.15, 0.2) is 12.5 Å². The number of anilines is 1. The molecule has 0 aliphatic rings. The molecule has 0 spiro atoms. The van der Waals surface area contributed by atoms with E-state index in [1.54, 1.807) is 13.4 Å². The summed E-state index contributed by atoms with van der Waals surface area (Å²) in [6, 6.07) is 0.204. The zero-order valence-corrected chi connectivity index (χ0v) is 15.7. The summed E-state index contributed by atoms with van der Waals surface area (Å²) in [5.74, 6) is 1.34. The van der Waals surface area contributed by atoms with Crippen molar-refractivity contribution in [3.05, 3.63) is 34.5 Å². The third-order valence-electron chi connectivity index (χ3n) is 3.91. The first kappa shape index (κ1) is 17.4. The van der Waals surface area contributed by atoms with Crippen LogP contribution in [-0.4, -0.2) is 37.7 Å². The van der Waals surface area contributed by atoms with E-state index in [1.807, 2.05) is 38.5 Å². The third-order valence-corrected chi connectivity index (χ3v) is 4.17. The second-order valence-electron chi connectivity index (χ2n) is 6.23.